The Hall–Kier alpha value is -1.25. The van der Waals surface area contributed by atoms with Gasteiger partial charge < -0.3 is 11.1 Å². The molecule has 17 heavy (non-hydrogen) atoms. The molecule has 0 spiro atoms. The van der Waals surface area contributed by atoms with E-state index in [0.29, 0.717) is 11.7 Å². The molecule has 0 bridgehead atoms. The Kier molecular flexibility index (Phi) is 3.87. The van der Waals surface area contributed by atoms with Gasteiger partial charge in [0, 0.05) is 17.4 Å². The zero-order valence-corrected chi connectivity index (χ0v) is 10.4. The first-order valence-electron chi connectivity index (χ1n) is 6.50. The predicted molar refractivity (Wildman–Crippen MR) is 70.5 cm³/mol. The van der Waals surface area contributed by atoms with Crippen molar-refractivity contribution in [2.75, 3.05) is 11.1 Å². The number of anilines is 2. The van der Waals surface area contributed by atoms with E-state index in [4.69, 9.17) is 5.73 Å². The lowest BCUT2D eigenvalue weighted by Crippen LogP contribution is -2.27. The third-order valence-corrected chi connectivity index (χ3v) is 3.65. The van der Waals surface area contributed by atoms with Gasteiger partial charge in [0.15, 0.2) is 0 Å². The molecule has 3 N–H and O–H groups in total. The maximum atomic E-state index is 13.2. The van der Waals surface area contributed by atoms with Crippen molar-refractivity contribution in [1.29, 1.82) is 0 Å². The molecule has 0 amide bonds. The molecule has 0 aliphatic heterocycles. The average molecular weight is 236 g/mol. The number of hydrogen-bond acceptors (Lipinski definition) is 2. The zero-order valence-electron chi connectivity index (χ0n) is 10.4. The second-order valence-electron chi connectivity index (χ2n) is 5.06. The number of halogens is 1. The van der Waals surface area contributed by atoms with Crippen molar-refractivity contribution in [1.82, 2.24) is 0 Å². The molecule has 2 unspecified atom stereocenters. The van der Waals surface area contributed by atoms with E-state index in [1.165, 1.54) is 44.2 Å². The molecule has 1 fully saturated rings. The SMILES string of the molecule is CCC1CCCC(Nc2cc(N)cc(F)c2)C1. The van der Waals surface area contributed by atoms with E-state index < -0.39 is 0 Å². The van der Waals surface area contributed by atoms with Crippen LogP contribution in [0.1, 0.15) is 39.0 Å². The standard InChI is InChI=1S/C14H21FN2/c1-2-10-4-3-5-13(6-10)17-14-8-11(15)7-12(16)9-14/h7-10,13,17H,2-6,16H2,1H3. The Labute approximate surface area is 102 Å². The third-order valence-electron chi connectivity index (χ3n) is 3.65. The topological polar surface area (TPSA) is 38.0 Å². The molecule has 3 heteroatoms. The third kappa shape index (κ3) is 3.35. The van der Waals surface area contributed by atoms with Gasteiger partial charge in [-0.25, -0.2) is 4.39 Å². The molecule has 2 atom stereocenters. The van der Waals surface area contributed by atoms with Crippen molar-refractivity contribution >= 4 is 11.4 Å². The molecule has 1 aliphatic carbocycles. The van der Waals surface area contributed by atoms with Gasteiger partial charge in [0.25, 0.3) is 0 Å². The average Bonchev–Trinajstić information content (AvgIpc) is 2.28. The summed E-state index contributed by atoms with van der Waals surface area (Å²) in [6.45, 7) is 2.24. The molecular weight excluding hydrogens is 215 g/mol. The Morgan fingerprint density at radius 2 is 2.18 bits per heavy atom. The van der Waals surface area contributed by atoms with Crippen LogP contribution in [0.2, 0.25) is 0 Å². The molecule has 1 aromatic rings. The van der Waals surface area contributed by atoms with Crippen molar-refractivity contribution in [3.8, 4) is 0 Å². The monoisotopic (exact) mass is 236 g/mol. The molecule has 0 radical (unpaired) electrons. The van der Waals surface area contributed by atoms with Crippen LogP contribution >= 0.6 is 0 Å². The molecule has 1 aromatic carbocycles. The summed E-state index contributed by atoms with van der Waals surface area (Å²) in [6.07, 6.45) is 6.20. The quantitative estimate of drug-likeness (QED) is 0.784. The number of nitrogens with two attached hydrogens (primary N) is 1. The highest BCUT2D eigenvalue weighted by molar-refractivity contribution is 5.55. The van der Waals surface area contributed by atoms with Crippen LogP contribution in [0.5, 0.6) is 0 Å². The number of nitrogens with one attached hydrogen (secondary N) is 1. The fourth-order valence-corrected chi connectivity index (χ4v) is 2.72. The summed E-state index contributed by atoms with van der Waals surface area (Å²) >= 11 is 0. The Balaban J connectivity index is 2.00. The fraction of sp³-hybridized carbons (Fsp3) is 0.571. The van der Waals surface area contributed by atoms with Crippen LogP contribution in [-0.2, 0) is 0 Å². The van der Waals surface area contributed by atoms with E-state index in [-0.39, 0.29) is 5.82 Å². The van der Waals surface area contributed by atoms with E-state index in [0.717, 1.165) is 11.6 Å². The van der Waals surface area contributed by atoms with Gasteiger partial charge in [-0.2, -0.15) is 0 Å². The molecule has 2 rings (SSSR count). The minimum atomic E-state index is -0.268. The van der Waals surface area contributed by atoms with Crippen molar-refractivity contribution in [3.05, 3.63) is 24.0 Å². The highest BCUT2D eigenvalue weighted by Crippen LogP contribution is 2.29. The first kappa shape index (κ1) is 12.2. The van der Waals surface area contributed by atoms with Gasteiger partial charge in [-0.05, 0) is 37.0 Å². The van der Waals surface area contributed by atoms with E-state index >= 15 is 0 Å². The molecule has 1 saturated carbocycles. The minimum absolute atomic E-state index is 0.268. The van der Waals surface area contributed by atoms with Gasteiger partial charge in [0.1, 0.15) is 5.82 Å². The van der Waals surface area contributed by atoms with Crippen LogP contribution in [0.25, 0.3) is 0 Å². The second kappa shape index (κ2) is 5.39. The largest absolute Gasteiger partial charge is 0.399 e. The summed E-state index contributed by atoms with van der Waals surface area (Å²) in [7, 11) is 0. The summed E-state index contributed by atoms with van der Waals surface area (Å²) in [5.41, 5.74) is 6.93. The van der Waals surface area contributed by atoms with Crippen molar-refractivity contribution in [2.24, 2.45) is 5.92 Å². The zero-order chi connectivity index (χ0) is 12.3. The van der Waals surface area contributed by atoms with Crippen molar-refractivity contribution in [2.45, 2.75) is 45.1 Å². The fourth-order valence-electron chi connectivity index (χ4n) is 2.72. The summed E-state index contributed by atoms with van der Waals surface area (Å²) < 4.78 is 13.2. The molecule has 0 aromatic heterocycles. The van der Waals surface area contributed by atoms with Crippen LogP contribution in [0, 0.1) is 11.7 Å². The van der Waals surface area contributed by atoms with E-state index in [1.807, 2.05) is 0 Å². The minimum Gasteiger partial charge on any atom is -0.399 e. The predicted octanol–water partition coefficient (Wildman–Crippen LogP) is 3.79. The molecule has 94 valence electrons. The smallest absolute Gasteiger partial charge is 0.127 e. The Morgan fingerprint density at radius 1 is 1.35 bits per heavy atom. The maximum absolute atomic E-state index is 13.2. The highest BCUT2D eigenvalue weighted by Gasteiger charge is 2.20. The molecule has 1 aliphatic rings. The lowest BCUT2D eigenvalue weighted by molar-refractivity contribution is 0.327. The first-order valence-corrected chi connectivity index (χ1v) is 6.50. The number of rotatable bonds is 3. The van der Waals surface area contributed by atoms with E-state index in [2.05, 4.69) is 12.2 Å². The van der Waals surface area contributed by atoms with Gasteiger partial charge in [-0.15, -0.1) is 0 Å². The summed E-state index contributed by atoms with van der Waals surface area (Å²) in [5.74, 6) is 0.544. The molecule has 2 nitrogen and oxygen atoms in total. The second-order valence-corrected chi connectivity index (χ2v) is 5.06. The Bertz CT molecular complexity index is 358. The van der Waals surface area contributed by atoms with Gasteiger partial charge in [-0.3, -0.25) is 0 Å². The summed E-state index contributed by atoms with van der Waals surface area (Å²) in [4.78, 5) is 0. The van der Waals surface area contributed by atoms with Crippen LogP contribution in [-0.4, -0.2) is 6.04 Å². The van der Waals surface area contributed by atoms with Crippen LogP contribution in [0.3, 0.4) is 0 Å². The lowest BCUT2D eigenvalue weighted by atomic mass is 9.84. The highest BCUT2D eigenvalue weighted by atomic mass is 19.1. The van der Waals surface area contributed by atoms with Gasteiger partial charge in [0.05, 0.1) is 0 Å². The van der Waals surface area contributed by atoms with Crippen LogP contribution < -0.4 is 11.1 Å². The van der Waals surface area contributed by atoms with E-state index in [9.17, 15) is 4.39 Å². The number of hydrogen-bond donors (Lipinski definition) is 2. The molecule has 0 heterocycles. The summed E-state index contributed by atoms with van der Waals surface area (Å²) in [5, 5.41) is 3.41. The lowest BCUT2D eigenvalue weighted by Gasteiger charge is -2.29. The normalized spacial score (nSPS) is 24.6. The molecular formula is C14H21FN2. The van der Waals surface area contributed by atoms with Crippen LogP contribution in [0.15, 0.2) is 18.2 Å². The van der Waals surface area contributed by atoms with Crippen molar-refractivity contribution < 1.29 is 4.39 Å². The van der Waals surface area contributed by atoms with Gasteiger partial charge in [-0.1, -0.05) is 26.2 Å². The Morgan fingerprint density at radius 3 is 2.88 bits per heavy atom. The number of nitrogen functional groups attached to an aromatic ring is 1. The maximum Gasteiger partial charge on any atom is 0.127 e. The number of benzene rings is 1. The van der Waals surface area contributed by atoms with Crippen LogP contribution in [0.4, 0.5) is 15.8 Å². The summed E-state index contributed by atoms with van der Waals surface area (Å²) in [6, 6.07) is 5.14. The first-order chi connectivity index (χ1) is 8.17. The van der Waals surface area contributed by atoms with Gasteiger partial charge >= 0.3 is 0 Å². The van der Waals surface area contributed by atoms with E-state index in [1.54, 1.807) is 6.07 Å². The molecule has 0 saturated heterocycles. The van der Waals surface area contributed by atoms with Crippen molar-refractivity contribution in [3.63, 3.8) is 0 Å². The van der Waals surface area contributed by atoms with Gasteiger partial charge in [0.2, 0.25) is 0 Å².